The molecule has 0 spiro atoms. The first kappa shape index (κ1) is 20.6. The third-order valence-corrected chi connectivity index (χ3v) is 7.74. The molecule has 5 rings (SSSR count). The molecule has 0 aromatic heterocycles. The van der Waals surface area contributed by atoms with Crippen molar-refractivity contribution in [1.29, 1.82) is 0 Å². The highest BCUT2D eigenvalue weighted by atomic mass is 32.2. The molecule has 2 aliphatic rings. The number of nitrogens with zero attached hydrogens (tertiary/aromatic N) is 2. The molecule has 0 bridgehead atoms. The van der Waals surface area contributed by atoms with Crippen molar-refractivity contribution in [3.05, 3.63) is 84.4 Å². The number of fused-ring (bicyclic) bond motifs is 2. The van der Waals surface area contributed by atoms with Crippen LogP contribution in [0.5, 0.6) is 0 Å². The Morgan fingerprint density at radius 2 is 1.35 bits per heavy atom. The van der Waals surface area contributed by atoms with Crippen molar-refractivity contribution in [2.24, 2.45) is 5.92 Å². The highest BCUT2D eigenvalue weighted by molar-refractivity contribution is 7.99. The number of rotatable bonds is 6. The summed E-state index contributed by atoms with van der Waals surface area (Å²) in [6, 6.07) is 27.6. The molecule has 4 heteroatoms. The van der Waals surface area contributed by atoms with Crippen LogP contribution in [-0.4, -0.2) is 36.2 Å². The molecule has 1 N–H and O–H groups in total. The first-order valence-electron chi connectivity index (χ1n) is 11.4. The van der Waals surface area contributed by atoms with Gasteiger partial charge in [-0.1, -0.05) is 66.4 Å². The lowest BCUT2D eigenvalue weighted by Crippen LogP contribution is -2.37. The van der Waals surface area contributed by atoms with Gasteiger partial charge in [0, 0.05) is 16.3 Å². The van der Waals surface area contributed by atoms with Crippen LogP contribution in [0.1, 0.15) is 30.9 Å². The Labute approximate surface area is 189 Å². The molecule has 0 amide bonds. The van der Waals surface area contributed by atoms with Gasteiger partial charge in [-0.2, -0.15) is 0 Å². The van der Waals surface area contributed by atoms with Gasteiger partial charge in [-0.05, 0) is 74.6 Å². The maximum atomic E-state index is 10.7. The predicted molar refractivity (Wildman–Crippen MR) is 129 cm³/mol. The van der Waals surface area contributed by atoms with Crippen LogP contribution >= 0.6 is 11.8 Å². The van der Waals surface area contributed by atoms with Crippen LogP contribution in [0.2, 0.25) is 0 Å². The second-order valence-electron chi connectivity index (χ2n) is 8.58. The lowest BCUT2D eigenvalue weighted by atomic mass is 9.87. The smallest absolute Gasteiger partial charge is 0.0819 e. The van der Waals surface area contributed by atoms with Crippen molar-refractivity contribution >= 4 is 23.1 Å². The number of hydrogen-bond acceptors (Lipinski definition) is 4. The molecule has 1 unspecified atom stereocenters. The van der Waals surface area contributed by atoms with Crippen LogP contribution in [0.3, 0.4) is 0 Å². The van der Waals surface area contributed by atoms with Gasteiger partial charge in [0.15, 0.2) is 0 Å². The van der Waals surface area contributed by atoms with Gasteiger partial charge in [-0.25, -0.2) is 0 Å². The quantitative estimate of drug-likeness (QED) is 0.509. The van der Waals surface area contributed by atoms with E-state index in [0.29, 0.717) is 5.92 Å². The van der Waals surface area contributed by atoms with E-state index in [9.17, 15) is 5.11 Å². The summed E-state index contributed by atoms with van der Waals surface area (Å²) < 4.78 is 0. The van der Waals surface area contributed by atoms with E-state index >= 15 is 0 Å². The summed E-state index contributed by atoms with van der Waals surface area (Å²) in [5, 5.41) is 10.7. The minimum Gasteiger partial charge on any atom is -0.388 e. The Bertz CT molecular complexity index is 955. The molecular formula is C27H30N2OS. The standard InChI is InChI=1S/C27H30N2OS/c30-27(21-9-2-1-3-10-21)22-15-19-28(20-16-22)17-8-18-29-23-11-4-6-13-25(23)31-26-14-7-5-12-24(26)29/h1-7,9-14,22,27,30H,8,15-20H2. The summed E-state index contributed by atoms with van der Waals surface area (Å²) in [6.07, 6.45) is 2.95. The number of benzene rings is 3. The molecule has 31 heavy (non-hydrogen) atoms. The largest absolute Gasteiger partial charge is 0.388 e. The molecule has 2 aliphatic heterocycles. The van der Waals surface area contributed by atoms with E-state index in [1.54, 1.807) is 0 Å². The van der Waals surface area contributed by atoms with Crippen molar-refractivity contribution in [3.63, 3.8) is 0 Å². The molecule has 3 aromatic rings. The summed E-state index contributed by atoms with van der Waals surface area (Å²) in [6.45, 7) is 4.30. The second kappa shape index (κ2) is 9.47. The maximum Gasteiger partial charge on any atom is 0.0819 e. The van der Waals surface area contributed by atoms with Crippen LogP contribution in [0.4, 0.5) is 11.4 Å². The molecule has 0 radical (unpaired) electrons. The van der Waals surface area contributed by atoms with Crippen LogP contribution in [-0.2, 0) is 0 Å². The van der Waals surface area contributed by atoms with Gasteiger partial charge in [0.2, 0.25) is 0 Å². The number of aliphatic hydroxyl groups is 1. The zero-order valence-corrected chi connectivity index (χ0v) is 18.7. The summed E-state index contributed by atoms with van der Waals surface area (Å²) in [5.41, 5.74) is 3.72. The number of anilines is 2. The Hall–Kier alpha value is -2.27. The Kier molecular flexibility index (Phi) is 6.30. The van der Waals surface area contributed by atoms with Gasteiger partial charge in [0.25, 0.3) is 0 Å². The molecule has 160 valence electrons. The highest BCUT2D eigenvalue weighted by Gasteiger charge is 2.27. The molecule has 1 atom stereocenters. The predicted octanol–water partition coefficient (Wildman–Crippen LogP) is 6.13. The van der Waals surface area contributed by atoms with Gasteiger partial charge in [0.1, 0.15) is 0 Å². The zero-order chi connectivity index (χ0) is 21.0. The fourth-order valence-corrected chi connectivity index (χ4v) is 5.98. The Morgan fingerprint density at radius 3 is 2.00 bits per heavy atom. The minimum atomic E-state index is -0.331. The summed E-state index contributed by atoms with van der Waals surface area (Å²) in [5.74, 6) is 0.372. The summed E-state index contributed by atoms with van der Waals surface area (Å²) >= 11 is 1.87. The third-order valence-electron chi connectivity index (χ3n) is 6.61. The number of para-hydroxylation sites is 2. The van der Waals surface area contributed by atoms with Gasteiger partial charge in [0.05, 0.1) is 17.5 Å². The molecule has 2 heterocycles. The van der Waals surface area contributed by atoms with E-state index in [1.807, 2.05) is 42.1 Å². The van der Waals surface area contributed by atoms with Crippen LogP contribution in [0, 0.1) is 5.92 Å². The summed E-state index contributed by atoms with van der Waals surface area (Å²) in [7, 11) is 0. The molecule has 0 aliphatic carbocycles. The number of hydrogen-bond donors (Lipinski definition) is 1. The van der Waals surface area contributed by atoms with E-state index in [-0.39, 0.29) is 6.10 Å². The fraction of sp³-hybridized carbons (Fsp3) is 0.333. The van der Waals surface area contributed by atoms with E-state index in [1.165, 1.54) is 21.2 Å². The molecule has 1 saturated heterocycles. The van der Waals surface area contributed by atoms with E-state index in [2.05, 4.69) is 58.3 Å². The van der Waals surface area contributed by atoms with Gasteiger partial charge < -0.3 is 14.9 Å². The number of aliphatic hydroxyl groups excluding tert-OH is 1. The number of piperidine rings is 1. The lowest BCUT2D eigenvalue weighted by molar-refractivity contribution is 0.0588. The van der Waals surface area contributed by atoms with Crippen molar-refractivity contribution in [1.82, 2.24) is 4.90 Å². The molecule has 1 fully saturated rings. The third kappa shape index (κ3) is 4.52. The monoisotopic (exact) mass is 430 g/mol. The van der Waals surface area contributed by atoms with Gasteiger partial charge in [-0.3, -0.25) is 0 Å². The first-order chi connectivity index (χ1) is 15.3. The second-order valence-corrected chi connectivity index (χ2v) is 9.66. The fourth-order valence-electron chi connectivity index (χ4n) is 4.89. The molecule has 3 aromatic carbocycles. The average Bonchev–Trinajstić information content (AvgIpc) is 2.84. The molecule has 3 nitrogen and oxygen atoms in total. The lowest BCUT2D eigenvalue weighted by Gasteiger charge is -2.36. The van der Waals surface area contributed by atoms with Crippen molar-refractivity contribution in [3.8, 4) is 0 Å². The Balaban J connectivity index is 1.17. The molecule has 0 saturated carbocycles. The normalized spacial score (nSPS) is 17.8. The Morgan fingerprint density at radius 1 is 0.774 bits per heavy atom. The number of likely N-dealkylation sites (tertiary alicyclic amines) is 1. The van der Waals surface area contributed by atoms with Gasteiger partial charge in [-0.15, -0.1) is 0 Å². The van der Waals surface area contributed by atoms with Crippen molar-refractivity contribution in [2.75, 3.05) is 31.1 Å². The van der Waals surface area contributed by atoms with E-state index in [4.69, 9.17) is 0 Å². The van der Waals surface area contributed by atoms with E-state index < -0.39 is 0 Å². The van der Waals surface area contributed by atoms with Crippen LogP contribution < -0.4 is 4.90 Å². The van der Waals surface area contributed by atoms with Crippen LogP contribution in [0.25, 0.3) is 0 Å². The maximum absolute atomic E-state index is 10.7. The van der Waals surface area contributed by atoms with Crippen LogP contribution in [0.15, 0.2) is 88.7 Å². The minimum absolute atomic E-state index is 0.331. The van der Waals surface area contributed by atoms with E-state index in [0.717, 1.165) is 51.0 Å². The average molecular weight is 431 g/mol. The highest BCUT2D eigenvalue weighted by Crippen LogP contribution is 2.47. The summed E-state index contributed by atoms with van der Waals surface area (Å²) in [4.78, 5) is 7.76. The molecular weight excluding hydrogens is 400 g/mol. The van der Waals surface area contributed by atoms with Crippen molar-refractivity contribution in [2.45, 2.75) is 35.2 Å². The first-order valence-corrected chi connectivity index (χ1v) is 12.2. The van der Waals surface area contributed by atoms with Crippen molar-refractivity contribution < 1.29 is 5.11 Å². The zero-order valence-electron chi connectivity index (χ0n) is 17.9. The SMILES string of the molecule is OC(c1ccccc1)C1CCN(CCCN2c3ccccc3Sc3ccccc32)CC1. The van der Waals surface area contributed by atoms with Gasteiger partial charge >= 0.3 is 0 Å². The topological polar surface area (TPSA) is 26.7 Å².